The number of benzene rings is 3. The number of likely N-dealkylation sites (N-methyl/N-ethyl adjacent to an activating group) is 1. The molecule has 0 spiro atoms. The summed E-state index contributed by atoms with van der Waals surface area (Å²) >= 11 is 6.06. The zero-order valence-corrected chi connectivity index (χ0v) is 25.5. The summed E-state index contributed by atoms with van der Waals surface area (Å²) in [5, 5.41) is 3.31. The third kappa shape index (κ3) is 7.71. The average Bonchev–Trinajstić information content (AvgIpc) is 2.96. The minimum Gasteiger partial charge on any atom is -0.497 e. The Hall–Kier alpha value is -3.76. The molecule has 0 bridgehead atoms. The van der Waals surface area contributed by atoms with Crippen LogP contribution in [0.15, 0.2) is 71.6 Å². The van der Waals surface area contributed by atoms with Crippen LogP contribution in [0.5, 0.6) is 11.5 Å². The van der Waals surface area contributed by atoms with Crippen LogP contribution in [0.3, 0.4) is 0 Å². The number of nitrogens with one attached hydrogen (secondary N) is 1. The van der Waals surface area contributed by atoms with Crippen LogP contribution in [0.25, 0.3) is 0 Å². The van der Waals surface area contributed by atoms with Crippen molar-refractivity contribution in [3.05, 3.63) is 82.9 Å². The second-order valence-electron chi connectivity index (χ2n) is 9.33. The maximum absolute atomic E-state index is 14.1. The van der Waals surface area contributed by atoms with E-state index in [1.165, 1.54) is 37.3 Å². The van der Waals surface area contributed by atoms with Gasteiger partial charge in [-0.2, -0.15) is 0 Å². The third-order valence-corrected chi connectivity index (χ3v) is 8.57. The van der Waals surface area contributed by atoms with Gasteiger partial charge in [0.15, 0.2) is 0 Å². The largest absolute Gasteiger partial charge is 0.497 e. The van der Waals surface area contributed by atoms with Crippen LogP contribution in [0.4, 0.5) is 5.69 Å². The van der Waals surface area contributed by atoms with Crippen LogP contribution in [0.1, 0.15) is 31.4 Å². The number of nitrogens with zero attached hydrogens (tertiary/aromatic N) is 2. The molecule has 3 rings (SSSR count). The summed E-state index contributed by atoms with van der Waals surface area (Å²) in [7, 11) is -1.39. The maximum atomic E-state index is 14.1. The Morgan fingerprint density at radius 3 is 2.17 bits per heavy atom. The lowest BCUT2D eigenvalue weighted by molar-refractivity contribution is -0.140. The highest BCUT2D eigenvalue weighted by atomic mass is 35.5. The van der Waals surface area contributed by atoms with Crippen LogP contribution in [-0.2, 0) is 26.2 Å². The minimum absolute atomic E-state index is 0.000733. The Balaban J connectivity index is 2.14. The van der Waals surface area contributed by atoms with Gasteiger partial charge in [0.1, 0.15) is 24.1 Å². The lowest BCUT2D eigenvalue weighted by Gasteiger charge is -2.33. The van der Waals surface area contributed by atoms with E-state index in [9.17, 15) is 18.0 Å². The van der Waals surface area contributed by atoms with E-state index >= 15 is 0 Å². The van der Waals surface area contributed by atoms with Crippen molar-refractivity contribution in [1.29, 1.82) is 0 Å². The minimum atomic E-state index is -4.27. The number of hydrogen-bond acceptors (Lipinski definition) is 6. The quantitative estimate of drug-likeness (QED) is 0.302. The van der Waals surface area contributed by atoms with Crippen LogP contribution < -0.4 is 19.1 Å². The summed E-state index contributed by atoms with van der Waals surface area (Å²) in [6.07, 6.45) is 0.318. The number of ether oxygens (including phenoxy) is 2. The third-order valence-electron chi connectivity index (χ3n) is 6.55. The summed E-state index contributed by atoms with van der Waals surface area (Å²) in [5.74, 6) is -0.290. The van der Waals surface area contributed by atoms with Crippen LogP contribution in [0.2, 0.25) is 5.02 Å². The standard InChI is InChI=1S/C30H36ClN3O6S/c1-6-26(30(36)32-7-2)33(19-22-10-12-23(31)13-11-22)29(35)20-34(27-18-24(39-4)14-17-28(27)40-5)41(37,38)25-15-8-21(3)9-16-25/h8-18,26H,6-7,19-20H2,1-5H3,(H,32,36). The molecule has 0 saturated carbocycles. The Kier molecular flexibility index (Phi) is 11.0. The van der Waals surface area contributed by atoms with Gasteiger partial charge < -0.3 is 19.7 Å². The molecule has 1 unspecified atom stereocenters. The van der Waals surface area contributed by atoms with Crippen molar-refractivity contribution in [3.8, 4) is 11.5 Å². The fourth-order valence-corrected chi connectivity index (χ4v) is 5.88. The van der Waals surface area contributed by atoms with Gasteiger partial charge in [-0.15, -0.1) is 0 Å². The molecule has 0 fully saturated rings. The van der Waals surface area contributed by atoms with Gasteiger partial charge in [0.25, 0.3) is 10.0 Å². The van der Waals surface area contributed by atoms with E-state index in [-0.39, 0.29) is 28.8 Å². The summed E-state index contributed by atoms with van der Waals surface area (Å²) < 4.78 is 40.1. The first-order valence-corrected chi connectivity index (χ1v) is 15.0. The number of anilines is 1. The molecule has 41 heavy (non-hydrogen) atoms. The van der Waals surface area contributed by atoms with E-state index in [1.807, 2.05) is 6.92 Å². The number of amides is 2. The van der Waals surface area contributed by atoms with Crippen LogP contribution >= 0.6 is 11.6 Å². The van der Waals surface area contributed by atoms with Crippen molar-refractivity contribution >= 4 is 39.1 Å². The Morgan fingerprint density at radius 1 is 0.951 bits per heavy atom. The molecule has 0 aliphatic carbocycles. The van der Waals surface area contributed by atoms with Crippen molar-refractivity contribution in [2.75, 3.05) is 31.6 Å². The van der Waals surface area contributed by atoms with E-state index in [0.29, 0.717) is 23.7 Å². The first-order valence-electron chi connectivity index (χ1n) is 13.2. The van der Waals surface area contributed by atoms with E-state index in [4.69, 9.17) is 21.1 Å². The zero-order chi connectivity index (χ0) is 30.2. The van der Waals surface area contributed by atoms with Gasteiger partial charge >= 0.3 is 0 Å². The molecule has 0 radical (unpaired) electrons. The van der Waals surface area contributed by atoms with Gasteiger partial charge in [-0.1, -0.05) is 48.4 Å². The number of rotatable bonds is 13. The number of carbonyl (C=O) groups excluding carboxylic acids is 2. The van der Waals surface area contributed by atoms with Crippen molar-refractivity contribution in [1.82, 2.24) is 10.2 Å². The van der Waals surface area contributed by atoms with Gasteiger partial charge in [0, 0.05) is 24.2 Å². The predicted molar refractivity (Wildman–Crippen MR) is 160 cm³/mol. The van der Waals surface area contributed by atoms with Crippen molar-refractivity contribution in [3.63, 3.8) is 0 Å². The van der Waals surface area contributed by atoms with Gasteiger partial charge in [-0.25, -0.2) is 8.42 Å². The average molecular weight is 602 g/mol. The van der Waals surface area contributed by atoms with Crippen molar-refractivity contribution in [2.24, 2.45) is 0 Å². The Morgan fingerprint density at radius 2 is 1.61 bits per heavy atom. The number of aryl methyl sites for hydroxylation is 1. The van der Waals surface area contributed by atoms with Crippen LogP contribution in [0, 0.1) is 6.92 Å². The number of methoxy groups -OCH3 is 2. The van der Waals surface area contributed by atoms with Crippen molar-refractivity contribution < 1.29 is 27.5 Å². The van der Waals surface area contributed by atoms with Gasteiger partial charge in [-0.3, -0.25) is 13.9 Å². The number of sulfonamides is 1. The summed E-state index contributed by atoms with van der Waals surface area (Å²) in [5.41, 5.74) is 1.74. The molecule has 3 aromatic rings. The Labute approximate surface area is 247 Å². The van der Waals surface area contributed by atoms with Gasteiger partial charge in [0.05, 0.1) is 24.8 Å². The fraction of sp³-hybridized carbons (Fsp3) is 0.333. The maximum Gasteiger partial charge on any atom is 0.264 e. The SMILES string of the molecule is CCNC(=O)C(CC)N(Cc1ccc(Cl)cc1)C(=O)CN(c1cc(OC)ccc1OC)S(=O)(=O)c1ccc(C)cc1. The Bertz CT molecular complexity index is 1450. The number of halogens is 1. The summed E-state index contributed by atoms with van der Waals surface area (Å²) in [6.45, 7) is 5.30. The van der Waals surface area contributed by atoms with Crippen LogP contribution in [-0.4, -0.2) is 58.5 Å². The zero-order valence-electron chi connectivity index (χ0n) is 23.9. The molecule has 1 N–H and O–H groups in total. The molecule has 0 aliphatic rings. The number of hydrogen-bond donors (Lipinski definition) is 1. The van der Waals surface area contributed by atoms with Crippen molar-refractivity contribution in [2.45, 2.75) is 44.7 Å². The normalized spacial score (nSPS) is 11.9. The first-order chi connectivity index (χ1) is 19.5. The molecule has 0 heterocycles. The topological polar surface area (TPSA) is 105 Å². The molecule has 2 amide bonds. The molecule has 220 valence electrons. The second kappa shape index (κ2) is 14.2. The molecular weight excluding hydrogens is 566 g/mol. The van der Waals surface area contributed by atoms with E-state index in [2.05, 4.69) is 5.32 Å². The predicted octanol–water partition coefficient (Wildman–Crippen LogP) is 4.80. The highest BCUT2D eigenvalue weighted by molar-refractivity contribution is 7.92. The lowest BCUT2D eigenvalue weighted by Crippen LogP contribution is -2.52. The number of carbonyl (C=O) groups is 2. The molecule has 0 saturated heterocycles. The molecule has 9 nitrogen and oxygen atoms in total. The monoisotopic (exact) mass is 601 g/mol. The molecule has 1 atom stereocenters. The lowest BCUT2D eigenvalue weighted by atomic mass is 10.1. The summed E-state index contributed by atoms with van der Waals surface area (Å²) in [6, 6.07) is 17.1. The van der Waals surface area contributed by atoms with Gasteiger partial charge in [0.2, 0.25) is 11.8 Å². The summed E-state index contributed by atoms with van der Waals surface area (Å²) in [4.78, 5) is 28.6. The van der Waals surface area contributed by atoms with Gasteiger partial charge in [-0.05, 0) is 62.2 Å². The van der Waals surface area contributed by atoms with E-state index < -0.39 is 28.5 Å². The smallest absolute Gasteiger partial charge is 0.264 e. The molecule has 11 heteroatoms. The molecular formula is C30H36ClN3O6S. The molecule has 0 aromatic heterocycles. The molecule has 3 aromatic carbocycles. The molecule has 0 aliphatic heterocycles. The first kappa shape index (κ1) is 31.8. The highest BCUT2D eigenvalue weighted by Crippen LogP contribution is 2.36. The highest BCUT2D eigenvalue weighted by Gasteiger charge is 2.35. The second-order valence-corrected chi connectivity index (χ2v) is 11.6. The van der Waals surface area contributed by atoms with E-state index in [0.717, 1.165) is 15.4 Å². The van der Waals surface area contributed by atoms with E-state index in [1.54, 1.807) is 62.4 Å². The fourth-order valence-electron chi connectivity index (χ4n) is 4.34.